The molecule has 0 saturated carbocycles. The largest absolute Gasteiger partial charge is 0.478 e. The highest BCUT2D eigenvalue weighted by Gasteiger charge is 2.15. The van der Waals surface area contributed by atoms with E-state index in [-0.39, 0.29) is 11.5 Å². The summed E-state index contributed by atoms with van der Waals surface area (Å²) in [5.41, 5.74) is 7.44. The number of carbonyl (C=O) groups is 2. The number of carbonyl (C=O) groups excluding carboxylic acids is 1. The molecular weight excluding hydrogens is 278 g/mol. The maximum absolute atomic E-state index is 12.1. The van der Waals surface area contributed by atoms with E-state index in [1.54, 1.807) is 26.0 Å². The minimum absolute atomic E-state index is 0.209. The Hall–Kier alpha value is -2.41. The molecule has 1 aromatic heterocycles. The summed E-state index contributed by atoms with van der Waals surface area (Å²) in [6.45, 7) is 3.38. The Balaban J connectivity index is 2.22. The number of nitrogens with one attached hydrogen (secondary N) is 1. The van der Waals surface area contributed by atoms with Crippen molar-refractivity contribution >= 4 is 34.0 Å². The molecule has 104 valence electrons. The second kappa shape index (κ2) is 5.30. The zero-order valence-electron chi connectivity index (χ0n) is 10.9. The Bertz CT molecular complexity index is 694. The first-order valence-corrected chi connectivity index (χ1v) is 6.58. The van der Waals surface area contributed by atoms with Gasteiger partial charge in [-0.1, -0.05) is 11.3 Å². The number of nitrogens with zero attached hydrogens (tertiary/aromatic N) is 1. The summed E-state index contributed by atoms with van der Waals surface area (Å²) >= 11 is 1.11. The van der Waals surface area contributed by atoms with Gasteiger partial charge in [-0.2, -0.15) is 0 Å². The van der Waals surface area contributed by atoms with E-state index in [1.165, 1.54) is 6.07 Å². The molecule has 0 aliphatic rings. The van der Waals surface area contributed by atoms with Crippen LogP contribution in [-0.4, -0.2) is 22.0 Å². The lowest BCUT2D eigenvalue weighted by atomic mass is 10.1. The Kier molecular flexibility index (Phi) is 3.71. The predicted octanol–water partition coefficient (Wildman–Crippen LogP) is 2.29. The minimum atomic E-state index is -0.994. The molecule has 0 spiro atoms. The molecule has 1 aromatic carbocycles. The first kappa shape index (κ1) is 14.0. The van der Waals surface area contributed by atoms with Gasteiger partial charge < -0.3 is 16.2 Å². The number of thiazole rings is 1. The van der Waals surface area contributed by atoms with Crippen molar-refractivity contribution in [1.82, 2.24) is 4.98 Å². The lowest BCUT2D eigenvalue weighted by Gasteiger charge is -2.07. The molecule has 2 aromatic rings. The van der Waals surface area contributed by atoms with E-state index in [2.05, 4.69) is 10.3 Å². The predicted molar refractivity (Wildman–Crippen MR) is 77.4 cm³/mol. The topological polar surface area (TPSA) is 105 Å². The highest BCUT2D eigenvalue weighted by molar-refractivity contribution is 7.17. The smallest absolute Gasteiger partial charge is 0.335 e. The van der Waals surface area contributed by atoms with Gasteiger partial charge in [0.1, 0.15) is 4.88 Å². The second-order valence-corrected chi connectivity index (χ2v) is 5.29. The number of rotatable bonds is 3. The van der Waals surface area contributed by atoms with Crippen molar-refractivity contribution in [3.8, 4) is 0 Å². The molecular formula is C13H13N3O3S. The van der Waals surface area contributed by atoms with Gasteiger partial charge in [-0.05, 0) is 37.6 Å². The third-order valence-electron chi connectivity index (χ3n) is 2.73. The Morgan fingerprint density at radius 3 is 2.55 bits per heavy atom. The van der Waals surface area contributed by atoms with Gasteiger partial charge in [0.2, 0.25) is 0 Å². The molecule has 0 aliphatic carbocycles. The van der Waals surface area contributed by atoms with Crippen LogP contribution < -0.4 is 11.1 Å². The molecule has 0 fully saturated rings. The molecule has 6 nitrogen and oxygen atoms in total. The van der Waals surface area contributed by atoms with Gasteiger partial charge in [-0.25, -0.2) is 9.78 Å². The van der Waals surface area contributed by atoms with Gasteiger partial charge in [0.15, 0.2) is 5.13 Å². The number of carboxylic acids is 1. The standard InChI is InChI=1S/C13H13N3O3S/c1-6-5-8(3-4-9(6)12(18)19)16-11(17)10-7(2)15-13(14)20-10/h3-5H,1-2H3,(H2,14,15)(H,16,17)(H,18,19). The summed E-state index contributed by atoms with van der Waals surface area (Å²) < 4.78 is 0. The van der Waals surface area contributed by atoms with Gasteiger partial charge in [0.05, 0.1) is 11.3 Å². The van der Waals surface area contributed by atoms with E-state index >= 15 is 0 Å². The number of hydrogen-bond acceptors (Lipinski definition) is 5. The number of nitrogens with two attached hydrogens (primary N) is 1. The maximum Gasteiger partial charge on any atom is 0.335 e. The third-order valence-corrected chi connectivity index (χ3v) is 3.72. The number of carboxylic acid groups (broad SMARTS) is 1. The number of hydrogen-bond donors (Lipinski definition) is 3. The molecule has 0 unspecified atom stereocenters. The van der Waals surface area contributed by atoms with Gasteiger partial charge in [0.25, 0.3) is 5.91 Å². The summed E-state index contributed by atoms with van der Waals surface area (Å²) in [4.78, 5) is 27.4. The highest BCUT2D eigenvalue weighted by Crippen LogP contribution is 2.22. The van der Waals surface area contributed by atoms with Crippen molar-refractivity contribution in [1.29, 1.82) is 0 Å². The van der Waals surface area contributed by atoms with Gasteiger partial charge in [0, 0.05) is 5.69 Å². The van der Waals surface area contributed by atoms with Crippen LogP contribution in [0.2, 0.25) is 0 Å². The van der Waals surface area contributed by atoms with Gasteiger partial charge >= 0.3 is 5.97 Å². The zero-order valence-corrected chi connectivity index (χ0v) is 11.7. The van der Waals surface area contributed by atoms with Crippen LogP contribution in [-0.2, 0) is 0 Å². The van der Waals surface area contributed by atoms with Crippen molar-refractivity contribution in [2.45, 2.75) is 13.8 Å². The van der Waals surface area contributed by atoms with Gasteiger partial charge in [-0.3, -0.25) is 4.79 Å². The Morgan fingerprint density at radius 2 is 2.05 bits per heavy atom. The third kappa shape index (κ3) is 2.77. The molecule has 1 amide bonds. The highest BCUT2D eigenvalue weighted by atomic mass is 32.1. The first-order chi connectivity index (χ1) is 9.38. The minimum Gasteiger partial charge on any atom is -0.478 e. The van der Waals surface area contributed by atoms with E-state index in [1.807, 2.05) is 0 Å². The Morgan fingerprint density at radius 1 is 1.35 bits per heavy atom. The van der Waals surface area contributed by atoms with E-state index in [0.717, 1.165) is 11.3 Å². The van der Waals surface area contributed by atoms with Gasteiger partial charge in [-0.15, -0.1) is 0 Å². The van der Waals surface area contributed by atoms with Crippen LogP contribution in [0, 0.1) is 13.8 Å². The van der Waals surface area contributed by atoms with E-state index in [9.17, 15) is 9.59 Å². The molecule has 0 saturated heterocycles. The van der Waals surface area contributed by atoms with E-state index in [4.69, 9.17) is 10.8 Å². The van der Waals surface area contributed by atoms with Crippen molar-refractivity contribution in [2.75, 3.05) is 11.1 Å². The number of aromatic nitrogens is 1. The monoisotopic (exact) mass is 291 g/mol. The number of aryl methyl sites for hydroxylation is 2. The fourth-order valence-corrected chi connectivity index (χ4v) is 2.53. The Labute approximate surface area is 119 Å². The molecule has 20 heavy (non-hydrogen) atoms. The molecule has 0 aliphatic heterocycles. The summed E-state index contributed by atoms with van der Waals surface area (Å²) in [5.74, 6) is -1.30. The van der Waals surface area contributed by atoms with Crippen molar-refractivity contribution in [2.24, 2.45) is 0 Å². The zero-order chi connectivity index (χ0) is 14.9. The normalized spacial score (nSPS) is 10.3. The maximum atomic E-state index is 12.1. The number of amides is 1. The number of benzene rings is 1. The van der Waals surface area contributed by atoms with Crippen LogP contribution in [0.5, 0.6) is 0 Å². The number of anilines is 2. The fraction of sp³-hybridized carbons (Fsp3) is 0.154. The molecule has 0 radical (unpaired) electrons. The molecule has 4 N–H and O–H groups in total. The first-order valence-electron chi connectivity index (χ1n) is 5.76. The molecule has 0 bridgehead atoms. The molecule has 7 heteroatoms. The molecule has 0 atom stereocenters. The molecule has 2 rings (SSSR count). The van der Waals surface area contributed by atoms with E-state index < -0.39 is 5.97 Å². The second-order valence-electron chi connectivity index (χ2n) is 4.26. The van der Waals surface area contributed by atoms with Crippen LogP contribution in [0.15, 0.2) is 18.2 Å². The van der Waals surface area contributed by atoms with Crippen LogP contribution in [0.4, 0.5) is 10.8 Å². The average Bonchev–Trinajstić information content (AvgIpc) is 2.68. The summed E-state index contributed by atoms with van der Waals surface area (Å²) in [7, 11) is 0. The summed E-state index contributed by atoms with van der Waals surface area (Å²) in [5, 5.41) is 12.0. The van der Waals surface area contributed by atoms with Crippen LogP contribution in [0.3, 0.4) is 0 Å². The quantitative estimate of drug-likeness (QED) is 0.804. The number of nitrogen functional groups attached to an aromatic ring is 1. The van der Waals surface area contributed by atoms with Crippen LogP contribution in [0.25, 0.3) is 0 Å². The van der Waals surface area contributed by atoms with Crippen LogP contribution in [0.1, 0.15) is 31.3 Å². The SMILES string of the molecule is Cc1cc(NC(=O)c2sc(N)nc2C)ccc1C(=O)O. The average molecular weight is 291 g/mol. The molecule has 1 heterocycles. The van der Waals surface area contributed by atoms with Crippen molar-refractivity contribution in [3.05, 3.63) is 39.9 Å². The van der Waals surface area contributed by atoms with Crippen molar-refractivity contribution in [3.63, 3.8) is 0 Å². The van der Waals surface area contributed by atoms with E-state index in [0.29, 0.717) is 27.0 Å². The summed E-state index contributed by atoms with van der Waals surface area (Å²) in [6.07, 6.45) is 0. The fourth-order valence-electron chi connectivity index (χ4n) is 1.80. The van der Waals surface area contributed by atoms with Crippen LogP contribution >= 0.6 is 11.3 Å². The van der Waals surface area contributed by atoms with Crippen molar-refractivity contribution < 1.29 is 14.7 Å². The number of aromatic carboxylic acids is 1. The lowest BCUT2D eigenvalue weighted by Crippen LogP contribution is -2.12. The summed E-state index contributed by atoms with van der Waals surface area (Å²) in [6, 6.07) is 4.62. The lowest BCUT2D eigenvalue weighted by molar-refractivity contribution is 0.0696.